The highest BCUT2D eigenvalue weighted by Crippen LogP contribution is 2.05. The molecule has 0 atom stereocenters. The zero-order chi connectivity index (χ0) is 6.41. The molecule has 0 unspecified atom stereocenters. The van der Waals surface area contributed by atoms with E-state index in [9.17, 15) is 0 Å². The summed E-state index contributed by atoms with van der Waals surface area (Å²) < 4.78 is 1.05. The second-order valence-electron chi connectivity index (χ2n) is 1.29. The summed E-state index contributed by atoms with van der Waals surface area (Å²) in [5.74, 6) is 0. The van der Waals surface area contributed by atoms with E-state index in [0.717, 1.165) is 4.48 Å². The van der Waals surface area contributed by atoms with Crippen molar-refractivity contribution < 1.29 is 0 Å². The summed E-state index contributed by atoms with van der Waals surface area (Å²) in [6.07, 6.45) is 7.55. The van der Waals surface area contributed by atoms with Gasteiger partial charge in [0.1, 0.15) is 0 Å². The van der Waals surface area contributed by atoms with Gasteiger partial charge in [0.05, 0.1) is 0 Å². The fourth-order valence-electron chi connectivity index (χ4n) is 0.327. The molecule has 0 aromatic carbocycles. The molecule has 0 aliphatic heterocycles. The molecule has 0 aromatic rings. The first-order valence-corrected chi connectivity index (χ1v) is 3.21. The van der Waals surface area contributed by atoms with Crippen LogP contribution in [0, 0.1) is 0 Å². The predicted molar refractivity (Wildman–Crippen MR) is 42.0 cm³/mol. The Morgan fingerprint density at radius 2 is 2.25 bits per heavy atom. The van der Waals surface area contributed by atoms with Crippen molar-refractivity contribution in [2.24, 2.45) is 0 Å². The van der Waals surface area contributed by atoms with Gasteiger partial charge >= 0.3 is 0 Å². The summed E-state index contributed by atoms with van der Waals surface area (Å²) in [4.78, 5) is 0. The molecule has 0 amide bonds. The predicted octanol–water partition coefficient (Wildman–Crippen LogP) is 3.03. The summed E-state index contributed by atoms with van der Waals surface area (Å²) in [6.45, 7) is 5.51. The molecule has 0 bridgehead atoms. The lowest BCUT2D eigenvalue weighted by Crippen LogP contribution is -1.55. The van der Waals surface area contributed by atoms with Gasteiger partial charge in [-0.25, -0.2) is 0 Å². The van der Waals surface area contributed by atoms with E-state index in [-0.39, 0.29) is 0 Å². The summed E-state index contributed by atoms with van der Waals surface area (Å²) in [5.41, 5.74) is 0. The van der Waals surface area contributed by atoms with E-state index in [0.29, 0.717) is 0 Å². The minimum absolute atomic E-state index is 1.05. The van der Waals surface area contributed by atoms with Crippen molar-refractivity contribution in [1.29, 1.82) is 0 Å². The lowest BCUT2D eigenvalue weighted by atomic mass is 10.4. The van der Waals surface area contributed by atoms with E-state index in [1.165, 1.54) is 0 Å². The van der Waals surface area contributed by atoms with E-state index in [1.54, 1.807) is 6.08 Å². The Labute approximate surface area is 58.7 Å². The normalized spacial score (nSPS) is 12.5. The van der Waals surface area contributed by atoms with Gasteiger partial charge in [0.2, 0.25) is 0 Å². The minimum atomic E-state index is 1.05. The zero-order valence-corrected chi connectivity index (χ0v) is 6.48. The highest BCUT2D eigenvalue weighted by molar-refractivity contribution is 9.11. The largest absolute Gasteiger partial charge is 0.0990 e. The van der Waals surface area contributed by atoms with Gasteiger partial charge in [-0.15, -0.1) is 0 Å². The van der Waals surface area contributed by atoms with Crippen LogP contribution in [-0.2, 0) is 0 Å². The molecule has 0 N–H and O–H groups in total. The monoisotopic (exact) mass is 172 g/mol. The van der Waals surface area contributed by atoms with Crippen LogP contribution in [0.3, 0.4) is 0 Å². The molecule has 1 heteroatoms. The van der Waals surface area contributed by atoms with Gasteiger partial charge in [0.15, 0.2) is 0 Å². The number of allylic oxidation sites excluding steroid dienone is 5. The molecule has 0 saturated carbocycles. The Hall–Kier alpha value is -0.300. The van der Waals surface area contributed by atoms with Gasteiger partial charge in [-0.3, -0.25) is 0 Å². The molecule has 0 fully saturated rings. The molecule has 44 valence electrons. The maximum Gasteiger partial charge on any atom is 0.0171 e. The first kappa shape index (κ1) is 7.70. The SMILES string of the molecule is C=CC=C(Br)C=CC. The third-order valence-corrected chi connectivity index (χ3v) is 1.13. The summed E-state index contributed by atoms with van der Waals surface area (Å²) in [5, 5.41) is 0. The quantitative estimate of drug-likeness (QED) is 0.563. The second-order valence-corrected chi connectivity index (χ2v) is 2.20. The topological polar surface area (TPSA) is 0 Å². The first-order valence-electron chi connectivity index (χ1n) is 2.42. The van der Waals surface area contributed by atoms with Crippen molar-refractivity contribution in [3.8, 4) is 0 Å². The van der Waals surface area contributed by atoms with Crippen LogP contribution in [0.1, 0.15) is 6.92 Å². The van der Waals surface area contributed by atoms with Crippen LogP contribution in [0.4, 0.5) is 0 Å². The van der Waals surface area contributed by atoms with Crippen LogP contribution in [0.2, 0.25) is 0 Å². The third-order valence-electron chi connectivity index (χ3n) is 0.603. The Morgan fingerprint density at radius 1 is 1.62 bits per heavy atom. The van der Waals surface area contributed by atoms with Gasteiger partial charge in [-0.2, -0.15) is 0 Å². The number of hydrogen-bond acceptors (Lipinski definition) is 0. The molecule has 0 saturated heterocycles. The van der Waals surface area contributed by atoms with Crippen molar-refractivity contribution in [3.63, 3.8) is 0 Å². The van der Waals surface area contributed by atoms with Crippen LogP contribution in [-0.4, -0.2) is 0 Å². The smallest absolute Gasteiger partial charge is 0.0171 e. The standard InChI is InChI=1S/C7H9Br/c1-3-5-7(8)6-4-2/h3-6H,1H2,2H3. The fourth-order valence-corrected chi connectivity index (χ4v) is 0.779. The van der Waals surface area contributed by atoms with Crippen molar-refractivity contribution in [2.45, 2.75) is 6.92 Å². The fraction of sp³-hybridized carbons (Fsp3) is 0.143. The molecule has 0 rings (SSSR count). The van der Waals surface area contributed by atoms with Crippen LogP contribution < -0.4 is 0 Å². The van der Waals surface area contributed by atoms with Crippen molar-refractivity contribution in [3.05, 3.63) is 35.4 Å². The molecule has 0 aliphatic rings. The van der Waals surface area contributed by atoms with Gasteiger partial charge in [0.25, 0.3) is 0 Å². The third kappa shape index (κ3) is 3.88. The lowest BCUT2D eigenvalue weighted by Gasteiger charge is -1.80. The zero-order valence-electron chi connectivity index (χ0n) is 4.89. The molecule has 8 heavy (non-hydrogen) atoms. The Morgan fingerprint density at radius 3 is 2.62 bits per heavy atom. The van der Waals surface area contributed by atoms with Crippen LogP contribution in [0.25, 0.3) is 0 Å². The minimum Gasteiger partial charge on any atom is -0.0990 e. The van der Waals surface area contributed by atoms with Crippen LogP contribution in [0.15, 0.2) is 35.4 Å². The lowest BCUT2D eigenvalue weighted by molar-refractivity contribution is 1.72. The molecule has 0 aliphatic carbocycles. The molecule has 0 aromatic heterocycles. The Bertz CT molecular complexity index is 120. The molecule has 0 nitrogen and oxygen atoms in total. The first-order chi connectivity index (χ1) is 3.81. The maximum atomic E-state index is 3.54. The number of rotatable bonds is 2. The highest BCUT2D eigenvalue weighted by Gasteiger charge is 1.74. The van der Waals surface area contributed by atoms with Gasteiger partial charge < -0.3 is 0 Å². The van der Waals surface area contributed by atoms with E-state index in [2.05, 4.69) is 22.5 Å². The average molecular weight is 173 g/mol. The molecule has 0 radical (unpaired) electrons. The Kier molecular flexibility index (Phi) is 4.67. The van der Waals surface area contributed by atoms with Gasteiger partial charge in [-0.05, 0) is 13.0 Å². The summed E-state index contributed by atoms with van der Waals surface area (Å²) in [6, 6.07) is 0. The van der Waals surface area contributed by atoms with E-state index < -0.39 is 0 Å². The summed E-state index contributed by atoms with van der Waals surface area (Å²) >= 11 is 3.30. The van der Waals surface area contributed by atoms with Crippen molar-refractivity contribution in [2.75, 3.05) is 0 Å². The van der Waals surface area contributed by atoms with E-state index in [4.69, 9.17) is 0 Å². The van der Waals surface area contributed by atoms with Crippen molar-refractivity contribution in [1.82, 2.24) is 0 Å². The maximum absolute atomic E-state index is 3.54. The van der Waals surface area contributed by atoms with Crippen LogP contribution in [0.5, 0.6) is 0 Å². The number of hydrogen-bond donors (Lipinski definition) is 0. The second kappa shape index (κ2) is 4.85. The molecular weight excluding hydrogens is 164 g/mol. The van der Waals surface area contributed by atoms with Crippen LogP contribution >= 0.6 is 15.9 Å². The van der Waals surface area contributed by atoms with Crippen molar-refractivity contribution >= 4 is 15.9 Å². The summed E-state index contributed by atoms with van der Waals surface area (Å²) in [7, 11) is 0. The Balaban J connectivity index is 3.79. The molecular formula is C7H9Br. The van der Waals surface area contributed by atoms with Gasteiger partial charge in [-0.1, -0.05) is 40.7 Å². The molecule has 0 spiro atoms. The highest BCUT2D eigenvalue weighted by atomic mass is 79.9. The van der Waals surface area contributed by atoms with E-state index >= 15 is 0 Å². The average Bonchev–Trinajstić information content (AvgIpc) is 1.68. The number of halogens is 1. The van der Waals surface area contributed by atoms with Gasteiger partial charge in [0, 0.05) is 4.48 Å². The molecule has 0 heterocycles. The van der Waals surface area contributed by atoms with E-state index in [1.807, 2.05) is 25.2 Å².